The molecule has 0 saturated carbocycles. The highest BCUT2D eigenvalue weighted by atomic mass is 79.9. The SMILES string of the molecule is CCOC.Cc1cccc(-c2nn(SF)c(C=O)c2Br)n1. The van der Waals surface area contributed by atoms with Crippen molar-refractivity contribution < 1.29 is 13.4 Å². The van der Waals surface area contributed by atoms with Gasteiger partial charge in [-0.1, -0.05) is 6.07 Å². The molecule has 0 aliphatic carbocycles. The molecule has 0 fully saturated rings. The van der Waals surface area contributed by atoms with E-state index in [4.69, 9.17) is 0 Å². The number of aldehydes is 1. The zero-order chi connectivity index (χ0) is 15.8. The molecule has 0 saturated heterocycles. The molecule has 8 heteroatoms. The summed E-state index contributed by atoms with van der Waals surface area (Å²) in [6.45, 7) is 4.62. The molecule has 0 bridgehead atoms. The maximum Gasteiger partial charge on any atom is 0.188 e. The quantitative estimate of drug-likeness (QED) is 0.759. The number of aryl methyl sites for hydroxylation is 1. The van der Waals surface area contributed by atoms with Gasteiger partial charge in [0.1, 0.15) is 11.4 Å². The highest BCUT2D eigenvalue weighted by Gasteiger charge is 2.18. The maximum atomic E-state index is 12.6. The number of methoxy groups -OCH3 is 1. The molecule has 0 unspecified atom stereocenters. The van der Waals surface area contributed by atoms with Crippen molar-refractivity contribution >= 4 is 34.5 Å². The fourth-order valence-corrected chi connectivity index (χ4v) is 2.36. The number of rotatable bonds is 4. The third-order valence-electron chi connectivity index (χ3n) is 2.43. The van der Waals surface area contributed by atoms with Gasteiger partial charge in [0.25, 0.3) is 0 Å². The first-order chi connectivity index (χ1) is 10.1. The molecule has 2 aromatic heterocycles. The third kappa shape index (κ3) is 4.62. The van der Waals surface area contributed by atoms with Crippen LogP contribution in [0.4, 0.5) is 3.89 Å². The molecule has 5 nitrogen and oxygen atoms in total. The molecule has 21 heavy (non-hydrogen) atoms. The average molecular weight is 376 g/mol. The van der Waals surface area contributed by atoms with E-state index in [2.05, 4.69) is 30.7 Å². The molecule has 2 rings (SSSR count). The second kappa shape index (κ2) is 8.91. The van der Waals surface area contributed by atoms with Crippen LogP contribution in [-0.4, -0.2) is 34.2 Å². The number of nitrogens with zero attached hydrogens (tertiary/aromatic N) is 3. The first-order valence-electron chi connectivity index (χ1n) is 6.04. The Morgan fingerprint density at radius 2 is 2.19 bits per heavy atom. The van der Waals surface area contributed by atoms with E-state index in [9.17, 15) is 8.68 Å². The van der Waals surface area contributed by atoms with Crippen LogP contribution in [-0.2, 0) is 4.74 Å². The Labute approximate surface area is 135 Å². The Hall–Kier alpha value is -1.25. The lowest BCUT2D eigenvalue weighted by Crippen LogP contribution is -1.92. The second-order valence-electron chi connectivity index (χ2n) is 3.85. The van der Waals surface area contributed by atoms with Crippen LogP contribution in [0.5, 0.6) is 0 Å². The van der Waals surface area contributed by atoms with Crippen LogP contribution in [0.2, 0.25) is 0 Å². The third-order valence-corrected chi connectivity index (χ3v) is 3.62. The zero-order valence-corrected chi connectivity index (χ0v) is 14.2. The fraction of sp³-hybridized carbons (Fsp3) is 0.308. The minimum absolute atomic E-state index is 0.130. The Kier molecular flexibility index (Phi) is 7.55. The van der Waals surface area contributed by atoms with Crippen LogP contribution >= 0.6 is 28.3 Å². The van der Waals surface area contributed by atoms with Crippen molar-refractivity contribution in [2.75, 3.05) is 13.7 Å². The van der Waals surface area contributed by atoms with Gasteiger partial charge < -0.3 is 4.74 Å². The summed E-state index contributed by atoms with van der Waals surface area (Å²) < 4.78 is 18.5. The van der Waals surface area contributed by atoms with Crippen molar-refractivity contribution in [2.24, 2.45) is 0 Å². The normalized spacial score (nSPS) is 9.95. The van der Waals surface area contributed by atoms with Crippen molar-refractivity contribution in [1.82, 2.24) is 14.2 Å². The van der Waals surface area contributed by atoms with E-state index in [1.54, 1.807) is 13.2 Å². The molecule has 0 atom stereocenters. The number of pyridine rings is 1. The van der Waals surface area contributed by atoms with Gasteiger partial charge in [0, 0.05) is 19.4 Å². The molecular formula is C13H15BrFN3O2S. The standard InChI is InChI=1S/C10H7BrFN3OS.C3H8O/c1-6-3-2-4-7(13-6)10-9(11)8(5-16)15(14-10)17-12;1-3-4-2/h2-5H,1H3;3H2,1-2H3. The van der Waals surface area contributed by atoms with Gasteiger partial charge in [-0.15, -0.1) is 3.89 Å². The number of halogens is 2. The summed E-state index contributed by atoms with van der Waals surface area (Å²) >= 11 is 3.10. The minimum Gasteiger partial charge on any atom is -0.385 e. The molecule has 0 spiro atoms. The number of hydrogen-bond acceptors (Lipinski definition) is 5. The number of carbonyl (C=O) groups excluding carboxylic acids is 1. The molecular weight excluding hydrogens is 361 g/mol. The summed E-state index contributed by atoms with van der Waals surface area (Å²) in [5.41, 5.74) is 1.99. The van der Waals surface area contributed by atoms with Crippen LogP contribution in [0, 0.1) is 6.92 Å². The van der Waals surface area contributed by atoms with Crippen molar-refractivity contribution in [1.29, 1.82) is 0 Å². The summed E-state index contributed by atoms with van der Waals surface area (Å²) in [5.74, 6) is 0. The van der Waals surface area contributed by atoms with Gasteiger partial charge in [0.2, 0.25) is 0 Å². The van der Waals surface area contributed by atoms with Gasteiger partial charge in [-0.05, 0) is 41.9 Å². The van der Waals surface area contributed by atoms with Crippen molar-refractivity contribution in [2.45, 2.75) is 13.8 Å². The van der Waals surface area contributed by atoms with E-state index in [0.717, 1.165) is 16.4 Å². The van der Waals surface area contributed by atoms with Gasteiger partial charge in [-0.2, -0.15) is 9.19 Å². The van der Waals surface area contributed by atoms with Crippen LogP contribution in [0.1, 0.15) is 23.1 Å². The molecule has 0 aliphatic rings. The van der Waals surface area contributed by atoms with E-state index in [1.807, 2.05) is 26.0 Å². The maximum absolute atomic E-state index is 12.6. The van der Waals surface area contributed by atoms with E-state index in [1.165, 1.54) is 0 Å². The van der Waals surface area contributed by atoms with Gasteiger partial charge in [-0.3, -0.25) is 9.78 Å². The van der Waals surface area contributed by atoms with Gasteiger partial charge in [0.05, 0.1) is 10.2 Å². The second-order valence-corrected chi connectivity index (χ2v) is 5.13. The topological polar surface area (TPSA) is 57.0 Å². The molecule has 114 valence electrons. The Morgan fingerprint density at radius 3 is 2.62 bits per heavy atom. The van der Waals surface area contributed by atoms with E-state index >= 15 is 0 Å². The van der Waals surface area contributed by atoms with Crippen molar-refractivity contribution in [3.8, 4) is 11.4 Å². The first-order valence-corrected chi connectivity index (χ1v) is 7.51. The predicted molar refractivity (Wildman–Crippen MR) is 84.9 cm³/mol. The summed E-state index contributed by atoms with van der Waals surface area (Å²) in [5, 5.41) is 3.97. The minimum atomic E-state index is -0.130. The molecule has 0 amide bonds. The van der Waals surface area contributed by atoms with Crippen molar-refractivity contribution in [3.05, 3.63) is 34.1 Å². The Bertz CT molecular complexity index is 605. The van der Waals surface area contributed by atoms with Gasteiger partial charge in [-0.25, -0.2) is 0 Å². The lowest BCUT2D eigenvalue weighted by atomic mass is 10.2. The van der Waals surface area contributed by atoms with Crippen LogP contribution in [0.3, 0.4) is 0 Å². The van der Waals surface area contributed by atoms with Crippen LogP contribution in [0.25, 0.3) is 11.4 Å². The molecule has 0 N–H and O–H groups in total. The predicted octanol–water partition coefficient (Wildman–Crippen LogP) is 3.86. The lowest BCUT2D eigenvalue weighted by molar-refractivity contribution is 0.111. The average Bonchev–Trinajstić information content (AvgIpc) is 2.83. The highest BCUT2D eigenvalue weighted by molar-refractivity contribution is 9.10. The summed E-state index contributed by atoms with van der Waals surface area (Å²) in [4.78, 5) is 15.1. The molecule has 0 aromatic carbocycles. The summed E-state index contributed by atoms with van der Waals surface area (Å²) in [7, 11) is 1.68. The largest absolute Gasteiger partial charge is 0.385 e. The Balaban J connectivity index is 0.000000491. The van der Waals surface area contributed by atoms with Gasteiger partial charge in [0.15, 0.2) is 18.6 Å². The zero-order valence-electron chi connectivity index (χ0n) is 11.8. The number of hydrogen-bond donors (Lipinski definition) is 0. The van der Waals surface area contributed by atoms with E-state index in [0.29, 0.717) is 22.1 Å². The molecule has 2 heterocycles. The van der Waals surface area contributed by atoms with E-state index < -0.39 is 0 Å². The smallest absolute Gasteiger partial charge is 0.188 e. The molecule has 2 aromatic rings. The monoisotopic (exact) mass is 375 g/mol. The molecule has 0 radical (unpaired) electrons. The van der Waals surface area contributed by atoms with Crippen LogP contribution < -0.4 is 0 Å². The first kappa shape index (κ1) is 17.8. The van der Waals surface area contributed by atoms with Crippen molar-refractivity contribution in [3.63, 3.8) is 0 Å². The lowest BCUT2D eigenvalue weighted by Gasteiger charge is -1.97. The summed E-state index contributed by atoms with van der Waals surface area (Å²) in [6, 6.07) is 5.42. The highest BCUT2D eigenvalue weighted by Crippen LogP contribution is 2.30. The summed E-state index contributed by atoms with van der Waals surface area (Å²) in [6.07, 6.45) is 0.545. The fourth-order valence-electron chi connectivity index (χ4n) is 1.38. The molecule has 0 aliphatic heterocycles. The van der Waals surface area contributed by atoms with E-state index in [-0.39, 0.29) is 18.0 Å². The number of ether oxygens (including phenoxy) is 1. The number of carbonyl (C=O) groups is 1. The Morgan fingerprint density at radius 1 is 1.52 bits per heavy atom. The van der Waals surface area contributed by atoms with Crippen LogP contribution in [0.15, 0.2) is 22.7 Å². The van der Waals surface area contributed by atoms with Gasteiger partial charge >= 0.3 is 0 Å². The number of aromatic nitrogens is 3.